The molecule has 0 radical (unpaired) electrons. The Hall–Kier alpha value is 0.230. The number of carbonyl (C=O) groups excluding carboxylic acids is 1. The normalized spacial score (nSPS) is 16.8. The average molecular weight is 173 g/mol. The molecular formula is CH4NO3PS2. The minimum Gasteiger partial charge on any atom is -0.388 e. The molecule has 0 aliphatic carbocycles. The van der Waals surface area contributed by atoms with Gasteiger partial charge in [0, 0.05) is 0 Å². The molecule has 0 rings (SSSR count). The summed E-state index contributed by atoms with van der Waals surface area (Å²) in [6.07, 6.45) is -1.11. The van der Waals surface area contributed by atoms with Gasteiger partial charge in [-0.1, -0.05) is 12.2 Å². The van der Waals surface area contributed by atoms with Gasteiger partial charge in [0.15, 0.2) is 0 Å². The molecule has 0 fully saturated rings. The number of primary amides is 1. The SMILES string of the molecule is NC(=O)OP(O)(=S)S. The van der Waals surface area contributed by atoms with Crippen molar-refractivity contribution >= 4 is 35.8 Å². The van der Waals surface area contributed by atoms with Crippen LogP contribution in [0.5, 0.6) is 0 Å². The lowest BCUT2D eigenvalue weighted by atomic mass is 11.3. The molecule has 0 aliphatic heterocycles. The van der Waals surface area contributed by atoms with Gasteiger partial charge in [-0.2, -0.15) is 0 Å². The standard InChI is InChI=1S/CH4NO3PS2/c2-1(3)5-6(4,7)8/h(H2,2,3)(H2,4,7,8). The highest BCUT2D eigenvalue weighted by atomic mass is 32.9. The molecule has 8 heavy (non-hydrogen) atoms. The van der Waals surface area contributed by atoms with Gasteiger partial charge < -0.3 is 15.2 Å². The number of hydrogen-bond acceptors (Lipinski definition) is 3. The molecule has 0 saturated carbocycles. The minimum absolute atomic E-state index is 1.11. The van der Waals surface area contributed by atoms with Crippen LogP contribution in [0, 0.1) is 0 Å². The molecule has 0 aromatic carbocycles. The second-order valence-electron chi connectivity index (χ2n) is 0.901. The van der Waals surface area contributed by atoms with Crippen LogP contribution in [0.4, 0.5) is 4.79 Å². The number of hydrogen-bond donors (Lipinski definition) is 3. The molecule has 0 aromatic rings. The van der Waals surface area contributed by atoms with E-state index in [0.29, 0.717) is 0 Å². The maximum Gasteiger partial charge on any atom is 0.410 e. The monoisotopic (exact) mass is 173 g/mol. The van der Waals surface area contributed by atoms with Crippen LogP contribution in [0.2, 0.25) is 0 Å². The van der Waals surface area contributed by atoms with Crippen molar-refractivity contribution in [2.45, 2.75) is 0 Å². The Morgan fingerprint density at radius 2 is 2.38 bits per heavy atom. The summed E-state index contributed by atoms with van der Waals surface area (Å²) in [5.41, 5.74) is 1.30. The third kappa shape index (κ3) is 6.23. The molecule has 0 bridgehead atoms. The molecule has 0 aliphatic rings. The second kappa shape index (κ2) is 2.68. The van der Waals surface area contributed by atoms with Crippen molar-refractivity contribution < 1.29 is 14.2 Å². The lowest BCUT2D eigenvalue weighted by molar-refractivity contribution is 0.212. The van der Waals surface area contributed by atoms with Gasteiger partial charge in [-0.15, -0.1) is 0 Å². The lowest BCUT2D eigenvalue weighted by Gasteiger charge is -2.03. The van der Waals surface area contributed by atoms with E-state index in [-0.39, 0.29) is 0 Å². The van der Waals surface area contributed by atoms with Crippen LogP contribution in [0.3, 0.4) is 0 Å². The fraction of sp³-hybridized carbons (Fsp3) is 0. The van der Waals surface area contributed by atoms with Crippen LogP contribution >= 0.6 is 17.9 Å². The van der Waals surface area contributed by atoms with Crippen LogP contribution in [-0.4, -0.2) is 11.0 Å². The Kier molecular flexibility index (Phi) is 2.76. The molecule has 1 amide bonds. The second-order valence-corrected chi connectivity index (χ2v) is 5.99. The van der Waals surface area contributed by atoms with Crippen LogP contribution in [0.25, 0.3) is 0 Å². The van der Waals surface area contributed by atoms with E-state index in [0.717, 1.165) is 0 Å². The molecule has 0 aromatic heterocycles. The number of thiol groups is 1. The maximum absolute atomic E-state index is 9.77. The molecule has 1 atom stereocenters. The van der Waals surface area contributed by atoms with Crippen molar-refractivity contribution in [2.24, 2.45) is 5.73 Å². The average Bonchev–Trinajstić information content (AvgIpc) is 1.21. The van der Waals surface area contributed by atoms with Gasteiger partial charge in [0.25, 0.3) is 5.69 Å². The Morgan fingerprint density at radius 3 is 2.38 bits per heavy atom. The van der Waals surface area contributed by atoms with Gasteiger partial charge in [0.05, 0.1) is 0 Å². The summed E-state index contributed by atoms with van der Waals surface area (Å²) >= 11 is 7.52. The van der Waals surface area contributed by atoms with E-state index in [1.165, 1.54) is 0 Å². The molecule has 0 spiro atoms. The van der Waals surface area contributed by atoms with Crippen LogP contribution in [0.15, 0.2) is 0 Å². The first-order valence-corrected chi connectivity index (χ1v) is 5.29. The Morgan fingerprint density at radius 1 is 2.00 bits per heavy atom. The summed E-state index contributed by atoms with van der Waals surface area (Å²) in [4.78, 5) is 18.2. The molecule has 7 heteroatoms. The molecular weight excluding hydrogens is 169 g/mol. The van der Waals surface area contributed by atoms with Gasteiger partial charge in [-0.25, -0.2) is 4.79 Å². The summed E-state index contributed by atoms with van der Waals surface area (Å²) in [7, 11) is 0. The Labute approximate surface area is 56.3 Å². The Bertz CT molecular complexity index is 140. The van der Waals surface area contributed by atoms with Crippen LogP contribution in [-0.2, 0) is 16.3 Å². The smallest absolute Gasteiger partial charge is 0.388 e. The van der Waals surface area contributed by atoms with Crippen molar-refractivity contribution in [1.29, 1.82) is 0 Å². The van der Waals surface area contributed by atoms with Crippen LogP contribution in [0.1, 0.15) is 0 Å². The van der Waals surface area contributed by atoms with E-state index in [1.807, 2.05) is 0 Å². The minimum atomic E-state index is -3.17. The summed E-state index contributed by atoms with van der Waals surface area (Å²) in [6, 6.07) is 0. The topological polar surface area (TPSA) is 72.6 Å². The van der Waals surface area contributed by atoms with Gasteiger partial charge in [-0.05, 0) is 11.8 Å². The zero-order valence-corrected chi connectivity index (χ0v) is 6.25. The van der Waals surface area contributed by atoms with Crippen molar-refractivity contribution in [3.63, 3.8) is 0 Å². The zero-order chi connectivity index (χ0) is 6.78. The highest BCUT2D eigenvalue weighted by Gasteiger charge is 2.08. The van der Waals surface area contributed by atoms with Crippen molar-refractivity contribution in [1.82, 2.24) is 0 Å². The van der Waals surface area contributed by atoms with Gasteiger partial charge >= 0.3 is 6.09 Å². The summed E-state index contributed by atoms with van der Waals surface area (Å²) in [5.74, 6) is 0. The van der Waals surface area contributed by atoms with Gasteiger partial charge in [-0.3, -0.25) is 0 Å². The Balaban J connectivity index is 3.74. The van der Waals surface area contributed by atoms with E-state index in [1.54, 1.807) is 0 Å². The largest absolute Gasteiger partial charge is 0.410 e. The third-order valence-corrected chi connectivity index (χ3v) is 1.10. The van der Waals surface area contributed by atoms with Crippen molar-refractivity contribution in [3.05, 3.63) is 0 Å². The first-order chi connectivity index (χ1) is 3.42. The molecule has 4 nitrogen and oxygen atoms in total. The van der Waals surface area contributed by atoms with Gasteiger partial charge in [0.2, 0.25) is 0 Å². The van der Waals surface area contributed by atoms with Crippen LogP contribution < -0.4 is 5.73 Å². The van der Waals surface area contributed by atoms with Gasteiger partial charge in [0.1, 0.15) is 0 Å². The predicted octanol–water partition coefficient (Wildman–Crippen LogP) is 0.228. The molecule has 48 valence electrons. The molecule has 1 unspecified atom stereocenters. The number of carbonyl (C=O) groups is 1. The first-order valence-electron chi connectivity index (χ1n) is 1.46. The number of amides is 1. The summed E-state index contributed by atoms with van der Waals surface area (Å²) in [6.45, 7) is 0. The lowest BCUT2D eigenvalue weighted by Crippen LogP contribution is -2.09. The quantitative estimate of drug-likeness (QED) is 0.392. The maximum atomic E-state index is 9.77. The van der Waals surface area contributed by atoms with Crippen molar-refractivity contribution in [3.8, 4) is 0 Å². The van der Waals surface area contributed by atoms with E-state index >= 15 is 0 Å². The van der Waals surface area contributed by atoms with E-state index < -0.39 is 11.8 Å². The van der Waals surface area contributed by atoms with E-state index in [2.05, 4.69) is 34.3 Å². The summed E-state index contributed by atoms with van der Waals surface area (Å²) in [5, 5.41) is 0. The number of nitrogens with two attached hydrogens (primary N) is 1. The highest BCUT2D eigenvalue weighted by Crippen LogP contribution is 2.46. The summed E-state index contributed by atoms with van der Waals surface area (Å²) < 4.78 is 3.92. The predicted molar refractivity (Wildman–Crippen MR) is 36.2 cm³/mol. The van der Waals surface area contributed by atoms with Crippen molar-refractivity contribution in [2.75, 3.05) is 0 Å². The molecule has 0 heterocycles. The highest BCUT2D eigenvalue weighted by molar-refractivity contribution is 8.59. The van der Waals surface area contributed by atoms with E-state index in [4.69, 9.17) is 4.89 Å². The molecule has 0 saturated heterocycles. The number of rotatable bonds is 1. The zero-order valence-electron chi connectivity index (χ0n) is 3.64. The molecule has 3 N–H and O–H groups in total. The first kappa shape index (κ1) is 8.23. The fourth-order valence-electron chi connectivity index (χ4n) is 0.117. The van der Waals surface area contributed by atoms with E-state index in [9.17, 15) is 4.79 Å². The fourth-order valence-corrected chi connectivity index (χ4v) is 0.813. The third-order valence-electron chi connectivity index (χ3n) is 0.209.